The molecule has 5 nitrogen and oxygen atoms in total. The minimum Gasteiger partial charge on any atom is -0.457 e. The molecule has 6 heteroatoms. The number of rotatable bonds is 8. The lowest BCUT2D eigenvalue weighted by Gasteiger charge is -2.45. The molecule has 0 fully saturated rings. The molecular weight excluding hydrogens is 840 g/mol. The summed E-state index contributed by atoms with van der Waals surface area (Å²) in [6.07, 6.45) is 0. The van der Waals surface area contributed by atoms with E-state index in [1.54, 1.807) is 0 Å². The van der Waals surface area contributed by atoms with Crippen LogP contribution in [0.4, 0.5) is 68.2 Å². The van der Waals surface area contributed by atoms with E-state index >= 15 is 0 Å². The van der Waals surface area contributed by atoms with Crippen LogP contribution in [0.2, 0.25) is 0 Å². The topological polar surface area (TPSA) is 22.2 Å². The molecule has 0 unspecified atom stereocenters. The van der Waals surface area contributed by atoms with Gasteiger partial charge in [0.15, 0.2) is 0 Å². The number of hydrogen-bond donors (Lipinski definition) is 0. The van der Waals surface area contributed by atoms with Crippen molar-refractivity contribution in [3.63, 3.8) is 0 Å². The minimum atomic E-state index is -0.281. The molecule has 3 aliphatic rings. The Morgan fingerprint density at radius 2 is 0.783 bits per heavy atom. The molecular formula is C63H47BN4O. The Morgan fingerprint density at radius 1 is 0.348 bits per heavy atom. The molecule has 0 saturated heterocycles. The van der Waals surface area contributed by atoms with Crippen LogP contribution in [0.1, 0.15) is 25.0 Å². The first-order valence-corrected chi connectivity index (χ1v) is 23.8. The van der Waals surface area contributed by atoms with Crippen molar-refractivity contribution < 1.29 is 4.74 Å². The van der Waals surface area contributed by atoms with Gasteiger partial charge in [0.25, 0.3) is 6.71 Å². The van der Waals surface area contributed by atoms with E-state index in [0.29, 0.717) is 0 Å². The molecule has 10 aromatic carbocycles. The van der Waals surface area contributed by atoms with E-state index in [-0.39, 0.29) is 12.1 Å². The Kier molecular flexibility index (Phi) is 9.55. The van der Waals surface area contributed by atoms with Crippen LogP contribution in [-0.2, 0) is 5.41 Å². The molecule has 3 aliphatic heterocycles. The number of para-hydroxylation sites is 7. The van der Waals surface area contributed by atoms with Crippen molar-refractivity contribution >= 4 is 91.3 Å². The summed E-state index contributed by atoms with van der Waals surface area (Å²) in [5.41, 5.74) is 19.0. The lowest BCUT2D eigenvalue weighted by molar-refractivity contribution is 0.418. The number of anilines is 12. The number of fused-ring (bicyclic) bond motifs is 6. The van der Waals surface area contributed by atoms with Crippen molar-refractivity contribution in [2.24, 2.45) is 0 Å². The van der Waals surface area contributed by atoms with Gasteiger partial charge in [-0.3, -0.25) is 0 Å². The van der Waals surface area contributed by atoms with Crippen LogP contribution < -0.4 is 40.7 Å². The third-order valence-electron chi connectivity index (χ3n) is 14.2. The van der Waals surface area contributed by atoms with E-state index in [1.807, 2.05) is 6.07 Å². The number of ether oxygens (including phenoxy) is 1. The molecule has 0 N–H and O–H groups in total. The highest BCUT2D eigenvalue weighted by Gasteiger charge is 2.44. The van der Waals surface area contributed by atoms with Gasteiger partial charge in [0.1, 0.15) is 11.5 Å². The van der Waals surface area contributed by atoms with Gasteiger partial charge in [-0.1, -0.05) is 147 Å². The Balaban J connectivity index is 1.08. The Labute approximate surface area is 404 Å². The van der Waals surface area contributed by atoms with Crippen molar-refractivity contribution in [3.05, 3.63) is 260 Å². The second-order valence-corrected chi connectivity index (χ2v) is 18.6. The molecule has 3 heterocycles. The average molecular weight is 887 g/mol. The molecule has 0 aliphatic carbocycles. The van der Waals surface area contributed by atoms with E-state index in [2.05, 4.69) is 276 Å². The van der Waals surface area contributed by atoms with Crippen molar-refractivity contribution in [1.82, 2.24) is 0 Å². The van der Waals surface area contributed by atoms with E-state index in [0.717, 1.165) is 79.6 Å². The van der Waals surface area contributed by atoms with Gasteiger partial charge in [0.2, 0.25) is 0 Å². The fourth-order valence-corrected chi connectivity index (χ4v) is 11.1. The third kappa shape index (κ3) is 6.63. The van der Waals surface area contributed by atoms with Crippen molar-refractivity contribution in [2.75, 3.05) is 19.6 Å². The minimum absolute atomic E-state index is 0.0574. The smallest absolute Gasteiger partial charge is 0.252 e. The van der Waals surface area contributed by atoms with E-state index in [4.69, 9.17) is 4.74 Å². The molecule has 0 bridgehead atoms. The first kappa shape index (κ1) is 40.5. The maximum absolute atomic E-state index is 6.58. The van der Waals surface area contributed by atoms with Crippen LogP contribution in [0.25, 0.3) is 0 Å². The quantitative estimate of drug-likeness (QED) is 0.141. The zero-order valence-corrected chi connectivity index (χ0v) is 38.4. The SMILES string of the molecule is CC1(C)c2ccccc2Oc2ccc(N(c3ccccc3)c3ccc4c(c3)N(c3ccccc3)c3cc(N(c5ccccc5)c5ccccc5)cc5c3B4c3ccccc3N5c3ccccc3)cc21. The molecule has 0 atom stereocenters. The molecule has 328 valence electrons. The van der Waals surface area contributed by atoms with Gasteiger partial charge >= 0.3 is 0 Å². The summed E-state index contributed by atoms with van der Waals surface area (Å²) in [6.45, 7) is 4.55. The molecule has 0 saturated carbocycles. The summed E-state index contributed by atoms with van der Waals surface area (Å²) in [4.78, 5) is 9.77. The van der Waals surface area contributed by atoms with Crippen LogP contribution in [0, 0.1) is 0 Å². The van der Waals surface area contributed by atoms with Crippen molar-refractivity contribution in [1.29, 1.82) is 0 Å². The van der Waals surface area contributed by atoms with Gasteiger partial charge in [-0.05, 0) is 132 Å². The highest BCUT2D eigenvalue weighted by molar-refractivity contribution is 7.00. The molecule has 0 amide bonds. The molecule has 0 radical (unpaired) electrons. The Bertz CT molecular complexity index is 3490. The largest absolute Gasteiger partial charge is 0.457 e. The predicted octanol–water partition coefficient (Wildman–Crippen LogP) is 15.1. The number of benzene rings is 10. The van der Waals surface area contributed by atoms with Crippen LogP contribution in [0.15, 0.2) is 249 Å². The maximum atomic E-state index is 6.58. The van der Waals surface area contributed by atoms with Gasteiger partial charge in [-0.25, -0.2) is 0 Å². The number of nitrogens with zero attached hydrogens (tertiary/aromatic N) is 4. The summed E-state index contributed by atoms with van der Waals surface area (Å²) in [5, 5.41) is 0. The van der Waals surface area contributed by atoms with Crippen LogP contribution in [-0.4, -0.2) is 6.71 Å². The van der Waals surface area contributed by atoms with Crippen LogP contribution in [0.5, 0.6) is 11.5 Å². The standard InChI is InChI=1S/C63H47BN4O/c1-63(2)52-32-18-21-35-60(52)69-61-39-37-49(40-53(61)63)66(46-26-12-5-13-27-46)50-36-38-55-57(41-50)68(48-30-16-7-17-31-48)59-43-51(65(44-22-8-3-9-23-44)45-24-10-4-11-25-45)42-58-62(59)64(55)54-33-19-20-34-56(54)67(58)47-28-14-6-15-29-47/h3-43H,1-2H3. The lowest BCUT2D eigenvalue weighted by Crippen LogP contribution is -2.61. The molecule has 69 heavy (non-hydrogen) atoms. The Hall–Kier alpha value is -8.74. The second kappa shape index (κ2) is 16.3. The van der Waals surface area contributed by atoms with Gasteiger partial charge in [0.05, 0.1) is 5.69 Å². The van der Waals surface area contributed by atoms with Gasteiger partial charge < -0.3 is 24.3 Å². The molecule has 0 aromatic heterocycles. The van der Waals surface area contributed by atoms with E-state index in [9.17, 15) is 0 Å². The summed E-state index contributed by atoms with van der Waals surface area (Å²) in [7, 11) is 0. The van der Waals surface area contributed by atoms with Crippen molar-refractivity contribution in [2.45, 2.75) is 19.3 Å². The lowest BCUT2D eigenvalue weighted by atomic mass is 9.33. The highest BCUT2D eigenvalue weighted by atomic mass is 16.5. The zero-order chi connectivity index (χ0) is 46.1. The number of hydrogen-bond acceptors (Lipinski definition) is 5. The maximum Gasteiger partial charge on any atom is 0.252 e. The zero-order valence-electron chi connectivity index (χ0n) is 38.4. The van der Waals surface area contributed by atoms with E-state index in [1.165, 1.54) is 27.6 Å². The monoisotopic (exact) mass is 886 g/mol. The highest BCUT2D eigenvalue weighted by Crippen LogP contribution is 2.52. The van der Waals surface area contributed by atoms with E-state index < -0.39 is 0 Å². The molecule has 10 aromatic rings. The van der Waals surface area contributed by atoms with Gasteiger partial charge in [-0.15, -0.1) is 0 Å². The second-order valence-electron chi connectivity index (χ2n) is 18.6. The van der Waals surface area contributed by atoms with Crippen LogP contribution >= 0.6 is 0 Å². The first-order valence-electron chi connectivity index (χ1n) is 23.8. The fraction of sp³-hybridized carbons (Fsp3) is 0.0476. The fourth-order valence-electron chi connectivity index (χ4n) is 11.1. The summed E-state index contributed by atoms with van der Waals surface area (Å²) in [5.74, 6) is 1.80. The predicted molar refractivity (Wildman–Crippen MR) is 288 cm³/mol. The van der Waals surface area contributed by atoms with Crippen LogP contribution in [0.3, 0.4) is 0 Å². The van der Waals surface area contributed by atoms with Crippen molar-refractivity contribution in [3.8, 4) is 11.5 Å². The third-order valence-corrected chi connectivity index (χ3v) is 14.2. The first-order chi connectivity index (χ1) is 34.0. The molecule has 0 spiro atoms. The van der Waals surface area contributed by atoms with Gasteiger partial charge in [0, 0.05) is 79.1 Å². The normalized spacial score (nSPS) is 13.5. The van der Waals surface area contributed by atoms with Gasteiger partial charge in [-0.2, -0.15) is 0 Å². The summed E-state index contributed by atoms with van der Waals surface area (Å²) < 4.78 is 6.58. The summed E-state index contributed by atoms with van der Waals surface area (Å²) in [6, 6.07) is 90.0. The average Bonchev–Trinajstić information content (AvgIpc) is 3.40. The molecule has 13 rings (SSSR count). The summed E-state index contributed by atoms with van der Waals surface area (Å²) >= 11 is 0. The Morgan fingerprint density at radius 3 is 1.39 bits per heavy atom.